The van der Waals surface area contributed by atoms with Crippen LogP contribution in [-0.4, -0.2) is 48.1 Å². The summed E-state index contributed by atoms with van der Waals surface area (Å²) in [6.45, 7) is 5.10. The molecule has 0 spiro atoms. The second-order valence-electron chi connectivity index (χ2n) is 7.23. The lowest BCUT2D eigenvalue weighted by Gasteiger charge is -2.35. The predicted molar refractivity (Wildman–Crippen MR) is 115 cm³/mol. The Kier molecular flexibility index (Phi) is 5.08. The van der Waals surface area contributed by atoms with Crippen LogP contribution in [0.15, 0.2) is 59.1 Å². The van der Waals surface area contributed by atoms with Gasteiger partial charge >= 0.3 is 0 Å². The molecule has 0 atom stereocenters. The van der Waals surface area contributed by atoms with Crippen molar-refractivity contribution in [3.05, 3.63) is 64.6 Å². The van der Waals surface area contributed by atoms with Crippen molar-refractivity contribution in [1.29, 1.82) is 0 Å². The van der Waals surface area contributed by atoms with Crippen LogP contribution >= 0.6 is 15.9 Å². The van der Waals surface area contributed by atoms with Crippen LogP contribution < -0.4 is 14.4 Å². The van der Waals surface area contributed by atoms with E-state index >= 15 is 0 Å². The number of hydrogen-bond acceptors (Lipinski definition) is 6. The SMILES string of the molecule is Brc1ccc(-c2ccc(N3CCN(Cc4ccc5c(c4)OCO5)CC3)nn2)cc1. The number of ether oxygens (including phenoxy) is 2. The summed E-state index contributed by atoms with van der Waals surface area (Å²) in [5.74, 6) is 2.62. The largest absolute Gasteiger partial charge is 0.454 e. The Balaban J connectivity index is 1.19. The van der Waals surface area contributed by atoms with E-state index in [0.717, 1.165) is 65.8 Å². The van der Waals surface area contributed by atoms with Crippen LogP contribution in [0.4, 0.5) is 5.82 Å². The summed E-state index contributed by atoms with van der Waals surface area (Å²) in [7, 11) is 0. The van der Waals surface area contributed by atoms with Gasteiger partial charge in [0.15, 0.2) is 17.3 Å². The first kappa shape index (κ1) is 18.4. The Morgan fingerprint density at radius 2 is 1.62 bits per heavy atom. The van der Waals surface area contributed by atoms with Crippen LogP contribution in [0.25, 0.3) is 11.3 Å². The van der Waals surface area contributed by atoms with Gasteiger partial charge in [-0.2, -0.15) is 0 Å². The normalized spacial score (nSPS) is 16.2. The number of rotatable bonds is 4. The minimum absolute atomic E-state index is 0.319. The summed E-state index contributed by atoms with van der Waals surface area (Å²) >= 11 is 3.46. The number of nitrogens with zero attached hydrogens (tertiary/aromatic N) is 4. The van der Waals surface area contributed by atoms with E-state index in [1.54, 1.807) is 0 Å². The number of fused-ring (bicyclic) bond motifs is 1. The van der Waals surface area contributed by atoms with Crippen molar-refractivity contribution in [2.24, 2.45) is 0 Å². The van der Waals surface area contributed by atoms with Crippen molar-refractivity contribution >= 4 is 21.7 Å². The van der Waals surface area contributed by atoms with Gasteiger partial charge in [0, 0.05) is 42.8 Å². The number of anilines is 1. The number of piperazine rings is 1. The maximum atomic E-state index is 5.48. The molecule has 2 aliphatic rings. The Bertz CT molecular complexity index is 987. The molecule has 5 rings (SSSR count). The highest BCUT2D eigenvalue weighted by atomic mass is 79.9. The van der Waals surface area contributed by atoms with Gasteiger partial charge in [-0.05, 0) is 42.0 Å². The van der Waals surface area contributed by atoms with E-state index in [1.807, 2.05) is 36.4 Å². The van der Waals surface area contributed by atoms with Gasteiger partial charge in [-0.25, -0.2) is 0 Å². The van der Waals surface area contributed by atoms with E-state index in [4.69, 9.17) is 9.47 Å². The van der Waals surface area contributed by atoms with E-state index in [0.29, 0.717) is 6.79 Å². The van der Waals surface area contributed by atoms with Crippen molar-refractivity contribution in [1.82, 2.24) is 15.1 Å². The highest BCUT2D eigenvalue weighted by Crippen LogP contribution is 2.33. The van der Waals surface area contributed by atoms with Crippen LogP contribution in [0.3, 0.4) is 0 Å². The second kappa shape index (κ2) is 8.00. The van der Waals surface area contributed by atoms with Gasteiger partial charge in [0.2, 0.25) is 6.79 Å². The molecule has 3 heterocycles. The van der Waals surface area contributed by atoms with Crippen LogP contribution in [0.1, 0.15) is 5.56 Å². The highest BCUT2D eigenvalue weighted by molar-refractivity contribution is 9.10. The number of aromatic nitrogens is 2. The summed E-state index contributed by atoms with van der Waals surface area (Å²) in [5, 5.41) is 8.89. The molecule has 29 heavy (non-hydrogen) atoms. The molecule has 1 saturated heterocycles. The minimum atomic E-state index is 0.319. The minimum Gasteiger partial charge on any atom is -0.454 e. The molecule has 148 valence electrons. The Morgan fingerprint density at radius 1 is 0.828 bits per heavy atom. The zero-order chi connectivity index (χ0) is 19.6. The quantitative estimate of drug-likeness (QED) is 0.596. The number of hydrogen-bond donors (Lipinski definition) is 0. The second-order valence-corrected chi connectivity index (χ2v) is 8.15. The monoisotopic (exact) mass is 452 g/mol. The van der Waals surface area contributed by atoms with Crippen molar-refractivity contribution in [3.8, 4) is 22.8 Å². The Hall–Kier alpha value is -2.64. The standard InChI is InChI=1S/C22H21BrN4O2/c23-18-4-2-17(3-5-18)19-6-8-22(25-24-19)27-11-9-26(10-12-27)14-16-1-7-20-21(13-16)29-15-28-20/h1-8,13H,9-12,14-15H2. The molecule has 7 heteroatoms. The first-order chi connectivity index (χ1) is 14.2. The van der Waals surface area contributed by atoms with E-state index < -0.39 is 0 Å². The molecule has 0 aliphatic carbocycles. The van der Waals surface area contributed by atoms with Gasteiger partial charge in [-0.15, -0.1) is 10.2 Å². The molecule has 3 aromatic rings. The van der Waals surface area contributed by atoms with Gasteiger partial charge in [-0.3, -0.25) is 4.90 Å². The maximum Gasteiger partial charge on any atom is 0.231 e. The average molecular weight is 453 g/mol. The van der Waals surface area contributed by atoms with Gasteiger partial charge in [0.25, 0.3) is 0 Å². The first-order valence-corrected chi connectivity index (χ1v) is 10.5. The van der Waals surface area contributed by atoms with Gasteiger partial charge in [-0.1, -0.05) is 34.1 Å². The lowest BCUT2D eigenvalue weighted by atomic mass is 10.1. The maximum absolute atomic E-state index is 5.48. The van der Waals surface area contributed by atoms with Crippen molar-refractivity contribution in [2.75, 3.05) is 37.9 Å². The third-order valence-corrected chi connectivity index (χ3v) is 5.86. The average Bonchev–Trinajstić information content (AvgIpc) is 3.23. The Morgan fingerprint density at radius 3 is 2.38 bits per heavy atom. The van der Waals surface area contributed by atoms with Crippen LogP contribution in [0.2, 0.25) is 0 Å². The molecule has 0 unspecified atom stereocenters. The van der Waals surface area contributed by atoms with Gasteiger partial charge < -0.3 is 14.4 Å². The lowest BCUT2D eigenvalue weighted by Crippen LogP contribution is -2.46. The van der Waals surface area contributed by atoms with Crippen molar-refractivity contribution in [3.63, 3.8) is 0 Å². The number of benzene rings is 2. The lowest BCUT2D eigenvalue weighted by molar-refractivity contribution is 0.174. The third kappa shape index (κ3) is 4.06. The molecular weight excluding hydrogens is 432 g/mol. The molecule has 2 aromatic carbocycles. The van der Waals surface area contributed by atoms with E-state index in [9.17, 15) is 0 Å². The van der Waals surface area contributed by atoms with E-state index in [-0.39, 0.29) is 0 Å². The van der Waals surface area contributed by atoms with Crippen LogP contribution in [0, 0.1) is 0 Å². The zero-order valence-corrected chi connectivity index (χ0v) is 17.5. The van der Waals surface area contributed by atoms with Crippen LogP contribution in [0.5, 0.6) is 11.5 Å². The van der Waals surface area contributed by atoms with Gasteiger partial charge in [0.05, 0.1) is 5.69 Å². The molecule has 0 saturated carbocycles. The summed E-state index contributed by atoms with van der Waals surface area (Å²) in [6.07, 6.45) is 0. The topological polar surface area (TPSA) is 50.7 Å². The molecule has 1 aromatic heterocycles. The smallest absolute Gasteiger partial charge is 0.231 e. The summed E-state index contributed by atoms with van der Waals surface area (Å²) in [6, 6.07) is 18.4. The first-order valence-electron chi connectivity index (χ1n) is 9.70. The fourth-order valence-corrected chi connectivity index (χ4v) is 3.97. The molecule has 6 nitrogen and oxygen atoms in total. The molecule has 1 fully saturated rings. The highest BCUT2D eigenvalue weighted by Gasteiger charge is 2.20. The predicted octanol–water partition coefficient (Wildman–Crippen LogP) is 3.96. The molecule has 2 aliphatic heterocycles. The molecule has 0 amide bonds. The molecule has 0 N–H and O–H groups in total. The van der Waals surface area contributed by atoms with Crippen LogP contribution in [-0.2, 0) is 6.54 Å². The van der Waals surface area contributed by atoms with E-state index in [2.05, 4.69) is 54.1 Å². The molecular formula is C22H21BrN4O2. The summed E-state index contributed by atoms with van der Waals surface area (Å²) in [4.78, 5) is 4.76. The third-order valence-electron chi connectivity index (χ3n) is 5.33. The van der Waals surface area contributed by atoms with E-state index in [1.165, 1.54) is 5.56 Å². The van der Waals surface area contributed by atoms with Gasteiger partial charge in [0.1, 0.15) is 0 Å². The Labute approximate surface area is 178 Å². The summed E-state index contributed by atoms with van der Waals surface area (Å²) < 4.78 is 11.9. The summed E-state index contributed by atoms with van der Waals surface area (Å²) in [5.41, 5.74) is 3.21. The molecule has 0 bridgehead atoms. The fourth-order valence-electron chi connectivity index (χ4n) is 3.70. The van der Waals surface area contributed by atoms with Crippen molar-refractivity contribution in [2.45, 2.75) is 6.54 Å². The molecule has 0 radical (unpaired) electrons. The van der Waals surface area contributed by atoms with Crippen molar-refractivity contribution < 1.29 is 9.47 Å². The number of halogens is 1. The fraction of sp³-hybridized carbons (Fsp3) is 0.273. The zero-order valence-electron chi connectivity index (χ0n) is 15.9.